The normalized spacial score (nSPS) is 17.2. The average molecular weight is 244 g/mol. The van der Waals surface area contributed by atoms with E-state index in [-0.39, 0.29) is 0 Å². The minimum absolute atomic E-state index is 0.408. The highest BCUT2D eigenvalue weighted by atomic mass is 15.3. The lowest BCUT2D eigenvalue weighted by atomic mass is 10.2. The van der Waals surface area contributed by atoms with E-state index in [0.29, 0.717) is 6.04 Å². The minimum atomic E-state index is 0.408. The van der Waals surface area contributed by atoms with Gasteiger partial charge in [-0.2, -0.15) is 5.10 Å². The first kappa shape index (κ1) is 11.7. The van der Waals surface area contributed by atoms with Gasteiger partial charge in [-0.3, -0.25) is 0 Å². The number of rotatable bonds is 5. The molecule has 0 radical (unpaired) electrons. The second-order valence-electron chi connectivity index (χ2n) is 5.26. The summed E-state index contributed by atoms with van der Waals surface area (Å²) in [5.41, 5.74) is 2.25. The fourth-order valence-corrected chi connectivity index (χ4v) is 2.13. The van der Waals surface area contributed by atoms with Crippen molar-refractivity contribution in [2.75, 3.05) is 0 Å². The van der Waals surface area contributed by atoms with Crippen LogP contribution >= 0.6 is 0 Å². The van der Waals surface area contributed by atoms with Gasteiger partial charge in [-0.15, -0.1) is 0 Å². The highest BCUT2D eigenvalue weighted by molar-refractivity contribution is 5.75. The number of fused-ring (bicyclic) bond motifs is 1. The van der Waals surface area contributed by atoms with E-state index in [4.69, 9.17) is 0 Å². The molecule has 1 atom stereocenters. The first-order chi connectivity index (χ1) is 8.78. The number of nitrogens with zero attached hydrogens (tertiary/aromatic N) is 3. The third-order valence-corrected chi connectivity index (χ3v) is 3.67. The van der Waals surface area contributed by atoms with Gasteiger partial charge in [-0.05, 0) is 37.8 Å². The van der Waals surface area contributed by atoms with Crippen LogP contribution in [0, 0.1) is 0 Å². The summed E-state index contributed by atoms with van der Waals surface area (Å²) in [7, 11) is 0. The van der Waals surface area contributed by atoms with Gasteiger partial charge in [-0.1, -0.05) is 6.92 Å². The SMILES string of the molecule is CCC(C)n1ncc2cc(CNC3CC3)cnc21. The Hall–Kier alpha value is -1.42. The fourth-order valence-electron chi connectivity index (χ4n) is 2.13. The van der Waals surface area contributed by atoms with E-state index in [1.165, 1.54) is 18.4 Å². The lowest BCUT2D eigenvalue weighted by Gasteiger charge is -2.10. The Morgan fingerprint density at radius 1 is 1.44 bits per heavy atom. The van der Waals surface area contributed by atoms with Gasteiger partial charge in [0.2, 0.25) is 0 Å². The topological polar surface area (TPSA) is 42.7 Å². The van der Waals surface area contributed by atoms with Crippen molar-refractivity contribution in [2.45, 2.75) is 51.7 Å². The van der Waals surface area contributed by atoms with Crippen molar-refractivity contribution in [3.63, 3.8) is 0 Å². The molecule has 0 aliphatic heterocycles. The maximum absolute atomic E-state index is 4.57. The van der Waals surface area contributed by atoms with Gasteiger partial charge in [0.15, 0.2) is 5.65 Å². The Labute approximate surface area is 107 Å². The molecule has 1 fully saturated rings. The summed E-state index contributed by atoms with van der Waals surface area (Å²) in [5.74, 6) is 0. The fraction of sp³-hybridized carbons (Fsp3) is 0.571. The Morgan fingerprint density at radius 3 is 3.00 bits per heavy atom. The van der Waals surface area contributed by atoms with Gasteiger partial charge >= 0.3 is 0 Å². The summed E-state index contributed by atoms with van der Waals surface area (Å²) < 4.78 is 2.02. The van der Waals surface area contributed by atoms with Crippen LogP contribution in [-0.2, 0) is 6.54 Å². The van der Waals surface area contributed by atoms with Crippen molar-refractivity contribution in [1.82, 2.24) is 20.1 Å². The van der Waals surface area contributed by atoms with E-state index in [1.54, 1.807) is 0 Å². The number of pyridine rings is 1. The molecule has 1 aliphatic carbocycles. The zero-order valence-corrected chi connectivity index (χ0v) is 11.1. The first-order valence-electron chi connectivity index (χ1n) is 6.83. The molecule has 0 saturated heterocycles. The third-order valence-electron chi connectivity index (χ3n) is 3.67. The second kappa shape index (κ2) is 4.69. The predicted octanol–water partition coefficient (Wildman–Crippen LogP) is 2.65. The standard InChI is InChI=1S/C14H20N4/c1-3-10(2)18-14-12(9-17-18)6-11(8-16-14)7-15-13-4-5-13/h6,8-10,13,15H,3-5,7H2,1-2H3. The molecule has 1 unspecified atom stereocenters. The van der Waals surface area contributed by atoms with E-state index in [9.17, 15) is 0 Å². The summed E-state index contributed by atoms with van der Waals surface area (Å²) in [6, 6.07) is 3.35. The van der Waals surface area contributed by atoms with E-state index in [1.807, 2.05) is 17.1 Å². The smallest absolute Gasteiger partial charge is 0.157 e. The molecule has 0 aromatic carbocycles. The van der Waals surface area contributed by atoms with Crippen molar-refractivity contribution in [1.29, 1.82) is 0 Å². The van der Waals surface area contributed by atoms with Crippen LogP contribution in [0.15, 0.2) is 18.5 Å². The zero-order chi connectivity index (χ0) is 12.5. The van der Waals surface area contributed by atoms with Crippen molar-refractivity contribution in [3.8, 4) is 0 Å². The van der Waals surface area contributed by atoms with Gasteiger partial charge < -0.3 is 5.32 Å². The summed E-state index contributed by atoms with van der Waals surface area (Å²) >= 11 is 0. The maximum Gasteiger partial charge on any atom is 0.157 e. The summed E-state index contributed by atoms with van der Waals surface area (Å²) in [5, 5.41) is 9.10. The molecular weight excluding hydrogens is 224 g/mol. The average Bonchev–Trinajstić information content (AvgIpc) is 3.14. The molecule has 0 spiro atoms. The van der Waals surface area contributed by atoms with Crippen molar-refractivity contribution < 1.29 is 0 Å². The van der Waals surface area contributed by atoms with E-state index in [2.05, 4.69) is 35.3 Å². The molecular formula is C14H20N4. The number of aromatic nitrogens is 3. The molecule has 4 heteroatoms. The lowest BCUT2D eigenvalue weighted by Crippen LogP contribution is -2.15. The number of nitrogens with one attached hydrogen (secondary N) is 1. The van der Waals surface area contributed by atoms with Crippen molar-refractivity contribution in [3.05, 3.63) is 24.0 Å². The Bertz CT molecular complexity index is 542. The quantitative estimate of drug-likeness (QED) is 0.879. The lowest BCUT2D eigenvalue weighted by molar-refractivity contribution is 0.489. The maximum atomic E-state index is 4.57. The van der Waals surface area contributed by atoms with Crippen LogP contribution in [0.5, 0.6) is 0 Å². The summed E-state index contributed by atoms with van der Waals surface area (Å²) in [6.07, 6.45) is 7.61. The Balaban J connectivity index is 1.83. The van der Waals surface area contributed by atoms with Crippen molar-refractivity contribution >= 4 is 11.0 Å². The van der Waals surface area contributed by atoms with Crippen LogP contribution in [0.3, 0.4) is 0 Å². The molecule has 0 bridgehead atoms. The van der Waals surface area contributed by atoms with Gasteiger partial charge in [0.05, 0.1) is 12.2 Å². The molecule has 96 valence electrons. The largest absolute Gasteiger partial charge is 0.310 e. The summed E-state index contributed by atoms with van der Waals surface area (Å²) in [4.78, 5) is 4.57. The van der Waals surface area contributed by atoms with Crippen molar-refractivity contribution in [2.24, 2.45) is 0 Å². The van der Waals surface area contributed by atoms with Crippen LogP contribution in [0.1, 0.15) is 44.7 Å². The van der Waals surface area contributed by atoms with E-state index < -0.39 is 0 Å². The molecule has 1 aliphatic rings. The van der Waals surface area contributed by atoms with Crippen LogP contribution in [-0.4, -0.2) is 20.8 Å². The molecule has 2 heterocycles. The Morgan fingerprint density at radius 2 is 2.28 bits per heavy atom. The minimum Gasteiger partial charge on any atom is -0.310 e. The molecule has 1 N–H and O–H groups in total. The van der Waals surface area contributed by atoms with Crippen LogP contribution in [0.4, 0.5) is 0 Å². The molecule has 1 saturated carbocycles. The van der Waals surface area contributed by atoms with Gasteiger partial charge in [-0.25, -0.2) is 9.67 Å². The molecule has 2 aromatic heterocycles. The van der Waals surface area contributed by atoms with E-state index in [0.717, 1.165) is 30.0 Å². The molecule has 3 rings (SSSR count). The molecule has 0 amide bonds. The van der Waals surface area contributed by atoms with Gasteiger partial charge in [0.25, 0.3) is 0 Å². The van der Waals surface area contributed by atoms with Gasteiger partial charge in [0.1, 0.15) is 0 Å². The first-order valence-corrected chi connectivity index (χ1v) is 6.83. The third kappa shape index (κ3) is 2.25. The van der Waals surface area contributed by atoms with E-state index >= 15 is 0 Å². The van der Waals surface area contributed by atoms with Crippen LogP contribution in [0.2, 0.25) is 0 Å². The monoisotopic (exact) mass is 244 g/mol. The molecule has 2 aromatic rings. The van der Waals surface area contributed by atoms with Crippen LogP contribution < -0.4 is 5.32 Å². The van der Waals surface area contributed by atoms with Crippen LogP contribution in [0.25, 0.3) is 11.0 Å². The highest BCUT2D eigenvalue weighted by Gasteiger charge is 2.20. The Kier molecular flexibility index (Phi) is 3.04. The highest BCUT2D eigenvalue weighted by Crippen LogP contribution is 2.21. The second-order valence-corrected chi connectivity index (χ2v) is 5.26. The number of hydrogen-bond acceptors (Lipinski definition) is 3. The zero-order valence-electron chi connectivity index (χ0n) is 11.1. The number of hydrogen-bond donors (Lipinski definition) is 1. The molecule has 4 nitrogen and oxygen atoms in total. The molecule has 18 heavy (non-hydrogen) atoms. The predicted molar refractivity (Wildman–Crippen MR) is 72.4 cm³/mol. The van der Waals surface area contributed by atoms with Gasteiger partial charge in [0, 0.05) is 24.2 Å². The summed E-state index contributed by atoms with van der Waals surface area (Å²) in [6.45, 7) is 5.27.